The van der Waals surface area contributed by atoms with Crippen LogP contribution in [0.2, 0.25) is 5.02 Å². The number of carbonyl (C=O) groups excluding carboxylic acids is 2. The molecule has 1 atom stereocenters. The molecule has 0 aliphatic rings. The van der Waals surface area contributed by atoms with E-state index in [0.717, 1.165) is 11.0 Å². The Kier molecular flexibility index (Phi) is 10.2. The van der Waals surface area contributed by atoms with Gasteiger partial charge in [-0.25, -0.2) is 27.2 Å². The number of rotatable bonds is 11. The maximum Gasteiger partial charge on any atom is 0.412 e. The number of carbonyl (C=O) groups is 2. The third-order valence-electron chi connectivity index (χ3n) is 5.50. The molecule has 4 N–H and O–H groups in total. The van der Waals surface area contributed by atoms with Gasteiger partial charge >= 0.3 is 12.1 Å². The summed E-state index contributed by atoms with van der Waals surface area (Å²) in [5.41, 5.74) is 0.618. The van der Waals surface area contributed by atoms with Crippen molar-refractivity contribution in [1.29, 1.82) is 0 Å². The average Bonchev–Trinajstić information content (AvgIpc) is 3.38. The minimum atomic E-state index is -3.47. The highest BCUT2D eigenvalue weighted by molar-refractivity contribution is 6.31. The largest absolute Gasteiger partial charge is 0.447 e. The summed E-state index contributed by atoms with van der Waals surface area (Å²) < 4.78 is 66.2. The Hall–Kier alpha value is -4.40. The van der Waals surface area contributed by atoms with Gasteiger partial charge < -0.3 is 25.3 Å². The van der Waals surface area contributed by atoms with E-state index in [0.29, 0.717) is 5.56 Å². The van der Waals surface area contributed by atoms with Gasteiger partial charge in [0.15, 0.2) is 11.6 Å². The summed E-state index contributed by atoms with van der Waals surface area (Å²) in [7, 11) is 1.21. The van der Waals surface area contributed by atoms with Crippen molar-refractivity contribution in [3.05, 3.63) is 70.8 Å². The molecule has 2 aromatic carbocycles. The quantitative estimate of drug-likeness (QED) is 0.119. The molecule has 0 fully saturated rings. The topological polar surface area (TPSA) is 147 Å². The number of hydrogen-bond donors (Lipinski definition) is 3. The van der Waals surface area contributed by atoms with Gasteiger partial charge in [0, 0.05) is 31.6 Å². The zero-order valence-corrected chi connectivity index (χ0v) is 21.7. The Bertz CT molecular complexity index is 1360. The van der Waals surface area contributed by atoms with Crippen LogP contribution in [-0.2, 0) is 11.3 Å². The molecule has 3 rings (SSSR count). The third kappa shape index (κ3) is 8.56. The zero-order valence-electron chi connectivity index (χ0n) is 20.9. The van der Waals surface area contributed by atoms with Gasteiger partial charge in [0.1, 0.15) is 24.8 Å². The Morgan fingerprint density at radius 2 is 1.98 bits per heavy atom. The Morgan fingerprint density at radius 1 is 1.23 bits per heavy atom. The van der Waals surface area contributed by atoms with Gasteiger partial charge in [-0.2, -0.15) is 5.11 Å². The molecule has 1 heterocycles. The number of nitrogens with zero attached hydrogens (tertiary/aromatic N) is 4. The molecule has 0 radical (unpaired) electrons. The molecular formula is C24H24ClF4N7O4. The molecule has 40 heavy (non-hydrogen) atoms. The molecule has 11 nitrogen and oxygen atoms in total. The van der Waals surface area contributed by atoms with Crippen LogP contribution in [0.15, 0.2) is 63.4 Å². The Morgan fingerprint density at radius 3 is 2.70 bits per heavy atom. The van der Waals surface area contributed by atoms with Crippen LogP contribution in [0.3, 0.4) is 0 Å². The lowest BCUT2D eigenvalue weighted by atomic mass is 10.1. The molecule has 0 aliphatic carbocycles. The second-order valence-corrected chi connectivity index (χ2v) is 8.80. The van der Waals surface area contributed by atoms with Crippen LogP contribution in [0.5, 0.6) is 0 Å². The summed E-state index contributed by atoms with van der Waals surface area (Å²) in [6.07, 6.45) is -2.06. The van der Waals surface area contributed by atoms with Crippen molar-refractivity contribution in [2.24, 2.45) is 16.2 Å². The van der Waals surface area contributed by atoms with E-state index in [2.05, 4.69) is 26.1 Å². The molecule has 0 aliphatic heterocycles. The minimum absolute atomic E-state index is 0.0902. The van der Waals surface area contributed by atoms with Crippen molar-refractivity contribution in [2.75, 3.05) is 25.5 Å². The molecule has 1 aromatic heterocycles. The van der Waals surface area contributed by atoms with Gasteiger partial charge in [-0.05, 0) is 23.8 Å². The van der Waals surface area contributed by atoms with Gasteiger partial charge in [0.05, 0.1) is 11.1 Å². The number of amides is 3. The number of halogens is 5. The van der Waals surface area contributed by atoms with Gasteiger partial charge in [-0.1, -0.05) is 46.2 Å². The van der Waals surface area contributed by atoms with Crippen molar-refractivity contribution >= 4 is 29.5 Å². The molecule has 0 spiro atoms. The van der Waals surface area contributed by atoms with E-state index in [-0.39, 0.29) is 28.7 Å². The number of urea groups is 1. The maximum absolute atomic E-state index is 14.5. The standard InChI is InChI=1S/C24H24ClF4N7O4/c1-36(22(37)31-11-15-5-3-7-18(27)21(15)25)17(10-24(28,29)13-32-35-30)12-39-23(38)33-20-9-19(40-34-20)14-4-2-6-16(26)8-14/h2-9,17H,10-13H2,1H3,(H2,30,32)(H,31,37)(H,33,34,38)/t17-/m0/s1. The fourth-order valence-corrected chi connectivity index (χ4v) is 3.62. The number of nitrogens with two attached hydrogens (primary N) is 1. The highest BCUT2D eigenvalue weighted by Gasteiger charge is 2.36. The normalized spacial score (nSPS) is 12.2. The molecule has 16 heteroatoms. The molecule has 0 unspecified atom stereocenters. The van der Waals surface area contributed by atoms with Crippen LogP contribution in [0.1, 0.15) is 12.0 Å². The van der Waals surface area contributed by atoms with E-state index >= 15 is 0 Å². The monoisotopic (exact) mass is 585 g/mol. The lowest BCUT2D eigenvalue weighted by Gasteiger charge is -2.30. The van der Waals surface area contributed by atoms with E-state index in [1.54, 1.807) is 6.07 Å². The minimum Gasteiger partial charge on any atom is -0.447 e. The molecule has 3 aromatic rings. The smallest absolute Gasteiger partial charge is 0.412 e. The van der Waals surface area contributed by atoms with E-state index in [1.165, 1.54) is 43.4 Å². The van der Waals surface area contributed by atoms with Crippen LogP contribution >= 0.6 is 11.6 Å². The molecular weight excluding hydrogens is 562 g/mol. The second-order valence-electron chi connectivity index (χ2n) is 8.42. The predicted molar refractivity (Wildman–Crippen MR) is 136 cm³/mol. The zero-order chi connectivity index (χ0) is 29.3. The molecule has 3 amide bonds. The summed E-state index contributed by atoms with van der Waals surface area (Å²) >= 11 is 5.89. The van der Waals surface area contributed by atoms with Gasteiger partial charge in [-0.15, -0.1) is 0 Å². The Balaban J connectivity index is 1.65. The first-order valence-corrected chi connectivity index (χ1v) is 11.9. The van der Waals surface area contributed by atoms with Crippen molar-refractivity contribution in [3.8, 4) is 11.3 Å². The summed E-state index contributed by atoms with van der Waals surface area (Å²) in [6, 6.07) is 8.58. The van der Waals surface area contributed by atoms with E-state index < -0.39 is 55.3 Å². The number of anilines is 1. The second kappa shape index (κ2) is 13.6. The van der Waals surface area contributed by atoms with Crippen molar-refractivity contribution in [3.63, 3.8) is 0 Å². The van der Waals surface area contributed by atoms with Crippen LogP contribution in [-0.4, -0.2) is 54.3 Å². The van der Waals surface area contributed by atoms with Gasteiger partial charge in [0.2, 0.25) is 0 Å². The van der Waals surface area contributed by atoms with Crippen molar-refractivity contribution in [1.82, 2.24) is 15.4 Å². The van der Waals surface area contributed by atoms with Crippen LogP contribution in [0.4, 0.5) is 33.0 Å². The molecule has 214 valence electrons. The highest BCUT2D eigenvalue weighted by atomic mass is 35.5. The van der Waals surface area contributed by atoms with Crippen LogP contribution in [0.25, 0.3) is 11.3 Å². The molecule has 0 saturated heterocycles. The number of nitrogens with one attached hydrogen (secondary N) is 2. The summed E-state index contributed by atoms with van der Waals surface area (Å²) in [5.74, 6) is 0.200. The number of hydrogen-bond acceptors (Lipinski definition) is 7. The first kappa shape index (κ1) is 30.1. The molecule has 0 saturated carbocycles. The summed E-state index contributed by atoms with van der Waals surface area (Å²) in [4.78, 5) is 26.0. The van der Waals surface area contributed by atoms with Crippen LogP contribution < -0.4 is 16.5 Å². The van der Waals surface area contributed by atoms with Gasteiger partial charge in [0.25, 0.3) is 5.92 Å². The Labute approximate surface area is 230 Å². The first-order chi connectivity index (χ1) is 19.0. The fourth-order valence-electron chi connectivity index (χ4n) is 3.43. The summed E-state index contributed by atoms with van der Waals surface area (Å²) in [6.45, 7) is -1.94. The highest BCUT2D eigenvalue weighted by Crippen LogP contribution is 2.25. The van der Waals surface area contributed by atoms with Gasteiger partial charge in [-0.3, -0.25) is 5.32 Å². The number of benzene rings is 2. The predicted octanol–water partition coefficient (Wildman–Crippen LogP) is 5.38. The van der Waals surface area contributed by atoms with E-state index in [9.17, 15) is 27.2 Å². The number of aromatic nitrogens is 1. The van der Waals surface area contributed by atoms with Crippen LogP contribution in [0, 0.1) is 11.6 Å². The SMILES string of the molecule is CN(C(=O)NCc1cccc(F)c1Cl)[C@H](COC(=O)Nc1cc(-c2cccc(F)c2)on1)CC(F)(F)CN=NN. The number of alkyl halides is 2. The first-order valence-electron chi connectivity index (χ1n) is 11.5. The van der Waals surface area contributed by atoms with Crippen molar-refractivity contribution < 1.29 is 36.4 Å². The lowest BCUT2D eigenvalue weighted by molar-refractivity contribution is -0.0268. The van der Waals surface area contributed by atoms with E-state index in [4.69, 9.17) is 26.7 Å². The number of likely N-dealkylation sites (N-methyl/N-ethyl adjacent to an activating group) is 1. The third-order valence-corrected chi connectivity index (χ3v) is 5.93. The van der Waals surface area contributed by atoms with Crippen molar-refractivity contribution in [2.45, 2.75) is 24.9 Å². The molecule has 0 bridgehead atoms. The number of ether oxygens (including phenoxy) is 1. The maximum atomic E-state index is 14.5. The summed E-state index contributed by atoms with van der Waals surface area (Å²) in [5, 5.41) is 14.1. The van der Waals surface area contributed by atoms with E-state index in [1.807, 2.05) is 0 Å². The average molecular weight is 586 g/mol. The fraction of sp³-hybridized carbons (Fsp3) is 0.292. The lowest BCUT2D eigenvalue weighted by Crippen LogP contribution is -2.48.